The van der Waals surface area contributed by atoms with Crippen molar-refractivity contribution in [3.63, 3.8) is 0 Å². The number of benzene rings is 9. The van der Waals surface area contributed by atoms with Crippen LogP contribution in [0.25, 0.3) is 99.5 Å². The van der Waals surface area contributed by atoms with Gasteiger partial charge in [0.15, 0.2) is 17.5 Å². The third kappa shape index (κ3) is 5.55. The lowest BCUT2D eigenvalue weighted by atomic mass is 9.97. The minimum atomic E-state index is 0.644. The minimum absolute atomic E-state index is 0.644. The maximum Gasteiger partial charge on any atom is 0.164 e. The topological polar surface area (TPSA) is 38.7 Å². The molecule has 1 heterocycles. The molecule has 0 fully saturated rings. The Morgan fingerprint density at radius 3 is 0.962 bits per heavy atom. The fraction of sp³-hybridized carbons (Fsp3) is 0. The molecule has 3 heteroatoms. The van der Waals surface area contributed by atoms with E-state index >= 15 is 0 Å². The van der Waals surface area contributed by atoms with Crippen LogP contribution >= 0.6 is 0 Å². The Labute approximate surface area is 301 Å². The quantitative estimate of drug-likeness (QED) is 0.184. The third-order valence-corrected chi connectivity index (χ3v) is 10.0. The second-order valence-electron chi connectivity index (χ2n) is 13.3. The molecule has 0 atom stereocenters. The zero-order chi connectivity index (χ0) is 34.4. The van der Waals surface area contributed by atoms with Gasteiger partial charge < -0.3 is 0 Å². The highest BCUT2D eigenvalue weighted by molar-refractivity contribution is 5.94. The lowest BCUT2D eigenvalue weighted by Crippen LogP contribution is -2.00. The van der Waals surface area contributed by atoms with Crippen LogP contribution in [-0.4, -0.2) is 15.0 Å². The molecular formula is C49H31N3. The molecule has 0 saturated carbocycles. The van der Waals surface area contributed by atoms with E-state index < -0.39 is 0 Å². The van der Waals surface area contributed by atoms with Gasteiger partial charge in [0.1, 0.15) is 0 Å². The molecule has 0 spiro atoms. The van der Waals surface area contributed by atoms with Crippen LogP contribution in [0, 0.1) is 0 Å². The molecule has 10 aromatic rings. The second-order valence-corrected chi connectivity index (χ2v) is 13.3. The summed E-state index contributed by atoms with van der Waals surface area (Å²) in [5.41, 5.74) is 7.62. The van der Waals surface area contributed by atoms with Crippen LogP contribution in [0.1, 0.15) is 0 Å². The Balaban J connectivity index is 1.10. The average Bonchev–Trinajstić information content (AvgIpc) is 3.22. The van der Waals surface area contributed by atoms with E-state index in [-0.39, 0.29) is 0 Å². The first-order chi connectivity index (χ1) is 25.7. The molecule has 1 aromatic heterocycles. The fourth-order valence-corrected chi connectivity index (χ4v) is 7.22. The molecule has 10 rings (SSSR count). The van der Waals surface area contributed by atoms with Crippen LogP contribution in [0.2, 0.25) is 0 Å². The van der Waals surface area contributed by atoms with E-state index in [2.05, 4.69) is 182 Å². The summed E-state index contributed by atoms with van der Waals surface area (Å²) in [5.74, 6) is 1.94. The van der Waals surface area contributed by atoms with E-state index in [1.165, 1.54) is 49.2 Å². The van der Waals surface area contributed by atoms with Gasteiger partial charge in [-0.2, -0.15) is 0 Å². The van der Waals surface area contributed by atoms with Gasteiger partial charge in [-0.15, -0.1) is 0 Å². The van der Waals surface area contributed by atoms with Gasteiger partial charge in [0, 0.05) is 16.7 Å². The first-order valence-corrected chi connectivity index (χ1v) is 17.6. The van der Waals surface area contributed by atoms with Gasteiger partial charge in [-0.3, -0.25) is 0 Å². The minimum Gasteiger partial charge on any atom is -0.208 e. The van der Waals surface area contributed by atoms with Crippen LogP contribution in [0.15, 0.2) is 188 Å². The van der Waals surface area contributed by atoms with E-state index in [1.54, 1.807) is 0 Å². The summed E-state index contributed by atoms with van der Waals surface area (Å²) < 4.78 is 0. The first kappa shape index (κ1) is 29.9. The van der Waals surface area contributed by atoms with Crippen molar-refractivity contribution in [2.75, 3.05) is 0 Å². The normalized spacial score (nSPS) is 11.5. The summed E-state index contributed by atoms with van der Waals surface area (Å²) in [7, 11) is 0. The van der Waals surface area contributed by atoms with Crippen LogP contribution < -0.4 is 0 Å². The number of aromatic nitrogens is 3. The first-order valence-electron chi connectivity index (χ1n) is 17.6. The molecule has 0 aliphatic heterocycles. The Morgan fingerprint density at radius 1 is 0.192 bits per heavy atom. The number of hydrogen-bond acceptors (Lipinski definition) is 3. The van der Waals surface area contributed by atoms with E-state index in [0.717, 1.165) is 32.8 Å². The number of rotatable bonds is 5. The molecule has 0 unspecified atom stereocenters. The largest absolute Gasteiger partial charge is 0.208 e. The lowest BCUT2D eigenvalue weighted by molar-refractivity contribution is 1.08. The Hall–Kier alpha value is -6.97. The van der Waals surface area contributed by atoms with Crippen molar-refractivity contribution in [3.8, 4) is 56.4 Å². The molecule has 0 bridgehead atoms. The predicted octanol–water partition coefficient (Wildman–Crippen LogP) is 12.8. The zero-order valence-corrected chi connectivity index (χ0v) is 28.2. The summed E-state index contributed by atoms with van der Waals surface area (Å²) in [5, 5.41) is 9.42. The van der Waals surface area contributed by atoms with Crippen molar-refractivity contribution in [1.82, 2.24) is 15.0 Å². The van der Waals surface area contributed by atoms with E-state index in [1.807, 2.05) is 6.07 Å². The molecule has 9 aromatic carbocycles. The summed E-state index contributed by atoms with van der Waals surface area (Å²) in [6.45, 7) is 0. The highest BCUT2D eigenvalue weighted by Crippen LogP contribution is 2.33. The zero-order valence-electron chi connectivity index (χ0n) is 28.2. The summed E-state index contributed by atoms with van der Waals surface area (Å²) in [6.07, 6.45) is 0. The standard InChI is InChI=1S/C49H31N3/c1-2-8-32(9-3-1)38-20-21-41-29-44(25-22-40(41)27-38)48-50-47(43-23-16-34-11-5-7-13-37(34)28-43)51-49(52-48)45-24-17-35-15-19-42(30-46(35)31-45)39-18-14-33-10-4-6-12-36(33)26-39/h1-31H. The van der Waals surface area contributed by atoms with Gasteiger partial charge in [0.2, 0.25) is 0 Å². The van der Waals surface area contributed by atoms with Crippen molar-refractivity contribution in [3.05, 3.63) is 188 Å². The van der Waals surface area contributed by atoms with Crippen molar-refractivity contribution < 1.29 is 0 Å². The monoisotopic (exact) mass is 661 g/mol. The molecule has 0 radical (unpaired) electrons. The van der Waals surface area contributed by atoms with Crippen molar-refractivity contribution in [2.45, 2.75) is 0 Å². The molecule has 242 valence electrons. The van der Waals surface area contributed by atoms with Crippen molar-refractivity contribution >= 4 is 43.1 Å². The number of hydrogen-bond donors (Lipinski definition) is 0. The molecule has 0 N–H and O–H groups in total. The Bertz CT molecular complexity index is 2970. The molecule has 3 nitrogen and oxygen atoms in total. The van der Waals surface area contributed by atoms with Crippen LogP contribution in [0.5, 0.6) is 0 Å². The van der Waals surface area contributed by atoms with Crippen LogP contribution in [0.4, 0.5) is 0 Å². The molecule has 0 amide bonds. The molecular weight excluding hydrogens is 631 g/mol. The van der Waals surface area contributed by atoms with Gasteiger partial charge in [-0.05, 0) is 102 Å². The molecule has 0 saturated heterocycles. The van der Waals surface area contributed by atoms with E-state index in [9.17, 15) is 0 Å². The van der Waals surface area contributed by atoms with Crippen LogP contribution in [0.3, 0.4) is 0 Å². The summed E-state index contributed by atoms with van der Waals surface area (Å²) in [6, 6.07) is 66.7. The Kier molecular flexibility index (Phi) is 7.14. The SMILES string of the molecule is c1ccc(-c2ccc3cc(-c4nc(-c5ccc6ccccc6c5)nc(-c5ccc6ccc(-c7ccc8ccccc8c7)cc6c5)n4)ccc3c2)cc1. The lowest BCUT2D eigenvalue weighted by Gasteiger charge is -2.11. The fourth-order valence-electron chi connectivity index (χ4n) is 7.22. The number of fused-ring (bicyclic) bond motifs is 4. The third-order valence-electron chi connectivity index (χ3n) is 10.0. The summed E-state index contributed by atoms with van der Waals surface area (Å²) >= 11 is 0. The van der Waals surface area contributed by atoms with E-state index in [0.29, 0.717) is 17.5 Å². The maximum atomic E-state index is 5.13. The van der Waals surface area contributed by atoms with Gasteiger partial charge >= 0.3 is 0 Å². The summed E-state index contributed by atoms with van der Waals surface area (Å²) in [4.78, 5) is 15.3. The molecule has 52 heavy (non-hydrogen) atoms. The smallest absolute Gasteiger partial charge is 0.164 e. The van der Waals surface area contributed by atoms with E-state index in [4.69, 9.17) is 15.0 Å². The highest BCUT2D eigenvalue weighted by atomic mass is 15.0. The van der Waals surface area contributed by atoms with Gasteiger partial charge in [-0.1, -0.05) is 152 Å². The average molecular weight is 662 g/mol. The van der Waals surface area contributed by atoms with Gasteiger partial charge in [0.25, 0.3) is 0 Å². The highest BCUT2D eigenvalue weighted by Gasteiger charge is 2.14. The van der Waals surface area contributed by atoms with Crippen LogP contribution in [-0.2, 0) is 0 Å². The van der Waals surface area contributed by atoms with Crippen molar-refractivity contribution in [1.29, 1.82) is 0 Å². The molecule has 0 aliphatic carbocycles. The maximum absolute atomic E-state index is 5.13. The van der Waals surface area contributed by atoms with Gasteiger partial charge in [0.05, 0.1) is 0 Å². The van der Waals surface area contributed by atoms with Gasteiger partial charge in [-0.25, -0.2) is 15.0 Å². The number of nitrogens with zero attached hydrogens (tertiary/aromatic N) is 3. The second kappa shape index (κ2) is 12.4. The molecule has 0 aliphatic rings. The Morgan fingerprint density at radius 2 is 0.481 bits per heavy atom. The van der Waals surface area contributed by atoms with Crippen molar-refractivity contribution in [2.24, 2.45) is 0 Å². The predicted molar refractivity (Wildman–Crippen MR) is 217 cm³/mol.